The highest BCUT2D eigenvalue weighted by Gasteiger charge is 2.03. The number of nitrogens with zero attached hydrogens (tertiary/aromatic N) is 3. The van der Waals surface area contributed by atoms with Crippen LogP contribution in [-0.2, 0) is 6.42 Å². The third-order valence-corrected chi connectivity index (χ3v) is 2.83. The zero-order valence-electron chi connectivity index (χ0n) is 12.9. The zero-order valence-corrected chi connectivity index (χ0v) is 12.9. The van der Waals surface area contributed by atoms with Crippen LogP contribution in [0.15, 0.2) is 39.8 Å². The van der Waals surface area contributed by atoms with Crippen LogP contribution in [-0.4, -0.2) is 42.8 Å². The van der Waals surface area contributed by atoms with Gasteiger partial charge in [0.1, 0.15) is 12.4 Å². The van der Waals surface area contributed by atoms with E-state index in [0.29, 0.717) is 43.8 Å². The van der Waals surface area contributed by atoms with E-state index in [1.54, 1.807) is 14.0 Å². The summed E-state index contributed by atoms with van der Waals surface area (Å²) in [6.07, 6.45) is 0.655. The van der Waals surface area contributed by atoms with Crippen LogP contribution >= 0.6 is 0 Å². The summed E-state index contributed by atoms with van der Waals surface area (Å²) in [5.74, 6) is 2.84. The van der Waals surface area contributed by atoms with Crippen LogP contribution in [0.5, 0.6) is 5.75 Å². The molecule has 0 spiro atoms. The number of benzene rings is 1. The molecule has 7 nitrogen and oxygen atoms in total. The summed E-state index contributed by atoms with van der Waals surface area (Å²) in [4.78, 5) is 8.29. The van der Waals surface area contributed by atoms with E-state index in [1.807, 2.05) is 30.3 Å². The molecule has 0 saturated carbocycles. The van der Waals surface area contributed by atoms with Crippen molar-refractivity contribution in [2.24, 2.45) is 4.99 Å². The Morgan fingerprint density at radius 3 is 2.68 bits per heavy atom. The van der Waals surface area contributed by atoms with Gasteiger partial charge in [-0.15, -0.1) is 0 Å². The molecule has 0 aliphatic rings. The molecule has 0 amide bonds. The fourth-order valence-electron chi connectivity index (χ4n) is 1.81. The maximum atomic E-state index is 5.60. The van der Waals surface area contributed by atoms with E-state index in [9.17, 15) is 0 Å². The van der Waals surface area contributed by atoms with Gasteiger partial charge in [0.15, 0.2) is 11.8 Å². The van der Waals surface area contributed by atoms with Crippen LogP contribution < -0.4 is 15.4 Å². The normalized spacial score (nSPS) is 11.3. The topological polar surface area (TPSA) is 84.6 Å². The van der Waals surface area contributed by atoms with E-state index >= 15 is 0 Å². The highest BCUT2D eigenvalue weighted by Crippen LogP contribution is 2.07. The SMILES string of the molecule is CN=C(NCCOc1ccccc1)NCCc1nc(C)no1. The summed E-state index contributed by atoms with van der Waals surface area (Å²) >= 11 is 0. The third-order valence-electron chi connectivity index (χ3n) is 2.83. The van der Waals surface area contributed by atoms with Gasteiger partial charge in [-0.2, -0.15) is 4.98 Å². The Hall–Kier alpha value is -2.57. The minimum atomic E-state index is 0.563. The molecular formula is C15H21N5O2. The second kappa shape index (κ2) is 8.66. The van der Waals surface area contributed by atoms with Crippen molar-refractivity contribution in [3.63, 3.8) is 0 Å². The van der Waals surface area contributed by atoms with Crippen molar-refractivity contribution in [1.29, 1.82) is 0 Å². The second-order valence-electron chi connectivity index (χ2n) is 4.57. The van der Waals surface area contributed by atoms with Crippen LogP contribution in [0.1, 0.15) is 11.7 Å². The fraction of sp³-hybridized carbons (Fsp3) is 0.400. The maximum Gasteiger partial charge on any atom is 0.228 e. The lowest BCUT2D eigenvalue weighted by molar-refractivity contribution is 0.322. The Kier molecular flexibility index (Phi) is 6.22. The third kappa shape index (κ3) is 5.43. The number of guanidine groups is 1. The molecule has 22 heavy (non-hydrogen) atoms. The Morgan fingerprint density at radius 2 is 2.00 bits per heavy atom. The molecule has 0 unspecified atom stereocenters. The maximum absolute atomic E-state index is 5.60. The van der Waals surface area contributed by atoms with Crippen molar-refractivity contribution in [1.82, 2.24) is 20.8 Å². The highest BCUT2D eigenvalue weighted by atomic mass is 16.5. The molecule has 118 valence electrons. The molecule has 0 bridgehead atoms. The molecule has 0 aliphatic carbocycles. The van der Waals surface area contributed by atoms with Crippen LogP contribution in [0.3, 0.4) is 0 Å². The van der Waals surface area contributed by atoms with Crippen molar-refractivity contribution in [2.75, 3.05) is 26.7 Å². The van der Waals surface area contributed by atoms with E-state index in [2.05, 4.69) is 25.8 Å². The van der Waals surface area contributed by atoms with Gasteiger partial charge in [0.2, 0.25) is 5.89 Å². The lowest BCUT2D eigenvalue weighted by Gasteiger charge is -2.11. The van der Waals surface area contributed by atoms with Crippen LogP contribution in [0, 0.1) is 6.92 Å². The van der Waals surface area contributed by atoms with Gasteiger partial charge < -0.3 is 19.9 Å². The first kappa shape index (κ1) is 15.8. The molecule has 1 aromatic carbocycles. The number of hydrogen-bond donors (Lipinski definition) is 2. The summed E-state index contributed by atoms with van der Waals surface area (Å²) in [6, 6.07) is 9.71. The van der Waals surface area contributed by atoms with Crippen LogP contribution in [0.2, 0.25) is 0 Å². The van der Waals surface area contributed by atoms with E-state index in [1.165, 1.54) is 0 Å². The largest absolute Gasteiger partial charge is 0.492 e. The van der Waals surface area contributed by atoms with Gasteiger partial charge in [-0.3, -0.25) is 4.99 Å². The molecule has 0 atom stereocenters. The van der Waals surface area contributed by atoms with Crippen molar-refractivity contribution in [3.05, 3.63) is 42.0 Å². The summed E-state index contributed by atoms with van der Waals surface area (Å²) in [7, 11) is 1.73. The van der Waals surface area contributed by atoms with Crippen molar-refractivity contribution < 1.29 is 9.26 Å². The first-order valence-corrected chi connectivity index (χ1v) is 7.19. The lowest BCUT2D eigenvalue weighted by atomic mass is 10.3. The number of hydrogen-bond acceptors (Lipinski definition) is 5. The van der Waals surface area contributed by atoms with E-state index < -0.39 is 0 Å². The Bertz CT molecular complexity index is 583. The van der Waals surface area contributed by atoms with Gasteiger partial charge >= 0.3 is 0 Å². The quantitative estimate of drug-likeness (QED) is 0.454. The minimum Gasteiger partial charge on any atom is -0.492 e. The summed E-state index contributed by atoms with van der Waals surface area (Å²) in [6.45, 7) is 3.69. The molecule has 2 N–H and O–H groups in total. The molecule has 7 heteroatoms. The highest BCUT2D eigenvalue weighted by molar-refractivity contribution is 5.79. The smallest absolute Gasteiger partial charge is 0.228 e. The van der Waals surface area contributed by atoms with Crippen molar-refractivity contribution in [2.45, 2.75) is 13.3 Å². The lowest BCUT2D eigenvalue weighted by Crippen LogP contribution is -2.40. The van der Waals surface area contributed by atoms with E-state index in [-0.39, 0.29) is 0 Å². The second-order valence-corrected chi connectivity index (χ2v) is 4.57. The molecule has 2 rings (SSSR count). The van der Waals surface area contributed by atoms with Gasteiger partial charge in [-0.05, 0) is 19.1 Å². The average Bonchev–Trinajstić information content (AvgIpc) is 2.96. The van der Waals surface area contributed by atoms with E-state index in [0.717, 1.165) is 5.75 Å². The Labute approximate surface area is 129 Å². The first-order chi connectivity index (χ1) is 10.8. The molecule has 0 saturated heterocycles. The van der Waals surface area contributed by atoms with Gasteiger partial charge in [-0.25, -0.2) is 0 Å². The molecule has 2 aromatic rings. The predicted molar refractivity (Wildman–Crippen MR) is 84.0 cm³/mol. The number of nitrogens with one attached hydrogen (secondary N) is 2. The number of ether oxygens (including phenoxy) is 1. The Morgan fingerprint density at radius 1 is 1.23 bits per heavy atom. The molecular weight excluding hydrogens is 282 g/mol. The van der Waals surface area contributed by atoms with Crippen molar-refractivity contribution in [3.8, 4) is 5.75 Å². The molecule has 1 heterocycles. The van der Waals surface area contributed by atoms with E-state index in [4.69, 9.17) is 9.26 Å². The van der Waals surface area contributed by atoms with Crippen LogP contribution in [0.25, 0.3) is 0 Å². The molecule has 0 fully saturated rings. The number of aryl methyl sites for hydroxylation is 1. The summed E-state index contributed by atoms with van der Waals surface area (Å²) in [5, 5.41) is 10.1. The fourth-order valence-corrected chi connectivity index (χ4v) is 1.81. The van der Waals surface area contributed by atoms with Gasteiger partial charge in [0, 0.05) is 20.0 Å². The number of aromatic nitrogens is 2. The molecule has 0 aliphatic heterocycles. The molecule has 1 aromatic heterocycles. The monoisotopic (exact) mass is 303 g/mol. The van der Waals surface area contributed by atoms with Gasteiger partial charge in [0.25, 0.3) is 0 Å². The van der Waals surface area contributed by atoms with Gasteiger partial charge in [-0.1, -0.05) is 23.4 Å². The zero-order chi connectivity index (χ0) is 15.6. The summed E-state index contributed by atoms with van der Waals surface area (Å²) < 4.78 is 10.6. The average molecular weight is 303 g/mol. The number of aliphatic imine (C=N–C) groups is 1. The number of rotatable bonds is 7. The van der Waals surface area contributed by atoms with Crippen molar-refractivity contribution >= 4 is 5.96 Å². The summed E-state index contributed by atoms with van der Waals surface area (Å²) in [5.41, 5.74) is 0. The number of para-hydroxylation sites is 1. The predicted octanol–water partition coefficient (Wildman–Crippen LogP) is 1.16. The Balaban J connectivity index is 1.61. The minimum absolute atomic E-state index is 0.563. The van der Waals surface area contributed by atoms with Gasteiger partial charge in [0.05, 0.1) is 6.54 Å². The first-order valence-electron chi connectivity index (χ1n) is 7.19. The van der Waals surface area contributed by atoms with Crippen LogP contribution in [0.4, 0.5) is 0 Å². The molecule has 0 radical (unpaired) electrons. The standard InChI is InChI=1S/C15H21N5O2/c1-12-19-14(22-20-12)8-9-17-15(16-2)18-10-11-21-13-6-4-3-5-7-13/h3-7H,8-11H2,1-2H3,(H2,16,17,18).